The third-order valence-corrected chi connectivity index (χ3v) is 11.2. The van der Waals surface area contributed by atoms with Crippen LogP contribution in [0.4, 0.5) is 30.7 Å². The Bertz CT molecular complexity index is 1500. The molecule has 0 heterocycles. The first-order valence-corrected chi connectivity index (χ1v) is 15.5. The lowest BCUT2D eigenvalue weighted by Crippen LogP contribution is -2.46. The van der Waals surface area contributed by atoms with Crippen LogP contribution in [0.3, 0.4) is 0 Å². The highest BCUT2D eigenvalue weighted by atomic mass is 32.2. The van der Waals surface area contributed by atoms with Gasteiger partial charge in [0.15, 0.2) is 25.5 Å². The number of alkyl halides is 6. The van der Waals surface area contributed by atoms with Crippen molar-refractivity contribution in [1.29, 1.82) is 0 Å². The first kappa shape index (κ1) is 32.0. The molecule has 2 aromatic carbocycles. The van der Waals surface area contributed by atoms with Crippen LogP contribution in [-0.2, 0) is 32.0 Å². The van der Waals surface area contributed by atoms with Crippen molar-refractivity contribution in [3.05, 3.63) is 58.9 Å². The minimum Gasteiger partial charge on any atom is -0.294 e. The van der Waals surface area contributed by atoms with E-state index in [2.05, 4.69) is 0 Å². The minimum atomic E-state index is -4.93. The van der Waals surface area contributed by atoms with Crippen molar-refractivity contribution in [2.75, 3.05) is 6.26 Å². The second-order valence-corrected chi connectivity index (χ2v) is 15.1. The van der Waals surface area contributed by atoms with Crippen molar-refractivity contribution >= 4 is 25.5 Å². The maximum atomic E-state index is 13.8. The van der Waals surface area contributed by atoms with Gasteiger partial charge in [-0.15, -0.1) is 0 Å². The van der Waals surface area contributed by atoms with Gasteiger partial charge in [-0.2, -0.15) is 26.3 Å². The van der Waals surface area contributed by atoms with Gasteiger partial charge in [0.1, 0.15) is 5.82 Å². The van der Waals surface area contributed by atoms with Gasteiger partial charge in [-0.05, 0) is 87.8 Å². The zero-order valence-corrected chi connectivity index (χ0v) is 23.3. The second kappa shape index (κ2) is 10.7. The van der Waals surface area contributed by atoms with Crippen molar-refractivity contribution in [2.24, 2.45) is 11.8 Å². The average Bonchev–Trinajstić information content (AvgIpc) is 2.77. The molecular weight excluding hydrogens is 589 g/mol. The number of rotatable bonds is 9. The van der Waals surface area contributed by atoms with E-state index < -0.39 is 75.2 Å². The predicted octanol–water partition coefficient (Wildman–Crippen LogP) is 6.90. The fraction of sp³-hybridized carbons (Fsp3) is 0.500. The van der Waals surface area contributed by atoms with E-state index in [9.17, 15) is 52.4 Å². The van der Waals surface area contributed by atoms with Crippen LogP contribution in [0.5, 0.6) is 0 Å². The van der Waals surface area contributed by atoms with Crippen LogP contribution in [-0.4, -0.2) is 33.6 Å². The lowest BCUT2D eigenvalue weighted by atomic mass is 9.67. The standard InChI is InChI=1S/C26H27F7O5S2/c1-24(2,40(37,38)20-12-18(26(31,32)33)11-19(27)14-20)17-9-15(10-17)5-4-6-22(34)21-8-7-16(25(28,29)30)13-23(21)39(3,35)36/h7-8,11-15,17H,4-6,9-10H2,1-3H3. The third-order valence-electron chi connectivity index (χ3n) is 7.45. The molecule has 222 valence electrons. The molecule has 1 saturated carbocycles. The van der Waals surface area contributed by atoms with Crippen LogP contribution < -0.4 is 0 Å². The van der Waals surface area contributed by atoms with Gasteiger partial charge in [-0.1, -0.05) is 0 Å². The molecule has 40 heavy (non-hydrogen) atoms. The SMILES string of the molecule is CC(C)(C1CC(CCCC(=O)c2ccc(C(F)(F)F)cc2S(C)(=O)=O)C1)S(=O)(=O)c1cc(F)cc(C(F)(F)F)c1. The summed E-state index contributed by atoms with van der Waals surface area (Å²) in [6, 6.07) is 3.09. The molecule has 2 aromatic rings. The number of sulfone groups is 2. The number of carbonyl (C=O) groups is 1. The Morgan fingerprint density at radius 2 is 1.45 bits per heavy atom. The van der Waals surface area contributed by atoms with Crippen LogP contribution in [0.2, 0.25) is 0 Å². The highest BCUT2D eigenvalue weighted by Crippen LogP contribution is 2.48. The summed E-state index contributed by atoms with van der Waals surface area (Å²) in [6.07, 6.45) is -7.74. The Morgan fingerprint density at radius 1 is 0.875 bits per heavy atom. The van der Waals surface area contributed by atoms with Gasteiger partial charge in [0.05, 0.1) is 25.7 Å². The number of ketones is 1. The van der Waals surface area contributed by atoms with Crippen LogP contribution in [0.1, 0.15) is 67.4 Å². The Morgan fingerprint density at radius 3 is 1.98 bits per heavy atom. The van der Waals surface area contributed by atoms with E-state index in [1.807, 2.05) is 0 Å². The summed E-state index contributed by atoms with van der Waals surface area (Å²) in [4.78, 5) is 11.2. The summed E-state index contributed by atoms with van der Waals surface area (Å²) in [5.41, 5.74) is -2.96. The molecule has 0 aromatic heterocycles. The van der Waals surface area contributed by atoms with Gasteiger partial charge in [-0.25, -0.2) is 21.2 Å². The quantitative estimate of drug-likeness (QED) is 0.226. The second-order valence-electron chi connectivity index (χ2n) is 10.6. The van der Waals surface area contributed by atoms with E-state index in [0.717, 1.165) is 6.07 Å². The summed E-state index contributed by atoms with van der Waals surface area (Å²) in [5.74, 6) is -2.47. The summed E-state index contributed by atoms with van der Waals surface area (Å²) in [7, 11) is -8.50. The highest BCUT2D eigenvalue weighted by molar-refractivity contribution is 7.92. The average molecular weight is 617 g/mol. The van der Waals surface area contributed by atoms with E-state index >= 15 is 0 Å². The molecule has 3 rings (SSSR count). The third kappa shape index (κ3) is 6.69. The molecule has 1 aliphatic carbocycles. The Labute approximate surface area is 227 Å². The zero-order valence-electron chi connectivity index (χ0n) is 21.7. The van der Waals surface area contributed by atoms with E-state index in [4.69, 9.17) is 0 Å². The van der Waals surface area contributed by atoms with E-state index in [1.54, 1.807) is 0 Å². The molecule has 0 bridgehead atoms. The molecule has 0 atom stereocenters. The molecule has 1 fully saturated rings. The minimum absolute atomic E-state index is 0.0347. The molecule has 0 unspecified atom stereocenters. The van der Waals surface area contributed by atoms with E-state index in [0.29, 0.717) is 49.8 Å². The lowest BCUT2D eigenvalue weighted by molar-refractivity contribution is -0.138. The Hall–Kier alpha value is -2.48. The van der Waals surface area contributed by atoms with Crippen molar-refractivity contribution in [1.82, 2.24) is 0 Å². The van der Waals surface area contributed by atoms with Crippen LogP contribution in [0.25, 0.3) is 0 Å². The number of Topliss-reactive ketones (excluding diaryl/α,β-unsaturated/α-hetero) is 1. The molecular formula is C26H27F7O5S2. The number of hydrogen-bond donors (Lipinski definition) is 0. The predicted molar refractivity (Wildman–Crippen MR) is 132 cm³/mol. The summed E-state index contributed by atoms with van der Waals surface area (Å²) in [5, 5.41) is 0. The van der Waals surface area contributed by atoms with Crippen LogP contribution in [0, 0.1) is 17.7 Å². The molecule has 0 radical (unpaired) electrons. The van der Waals surface area contributed by atoms with Crippen molar-refractivity contribution < 1.29 is 52.4 Å². The number of carbonyl (C=O) groups excluding carboxylic acids is 1. The van der Waals surface area contributed by atoms with Crippen molar-refractivity contribution in [2.45, 2.75) is 72.8 Å². The monoisotopic (exact) mass is 616 g/mol. The van der Waals surface area contributed by atoms with Gasteiger partial charge in [0.2, 0.25) is 0 Å². The van der Waals surface area contributed by atoms with Gasteiger partial charge in [0.25, 0.3) is 0 Å². The topological polar surface area (TPSA) is 85.3 Å². The van der Waals surface area contributed by atoms with Gasteiger partial charge in [-0.3, -0.25) is 4.79 Å². The summed E-state index contributed by atoms with van der Waals surface area (Å²) < 4.78 is 141. The molecule has 0 aliphatic heterocycles. The molecule has 0 spiro atoms. The number of halogens is 7. The first-order chi connectivity index (χ1) is 18.0. The molecule has 0 saturated heterocycles. The van der Waals surface area contributed by atoms with Gasteiger partial charge in [0, 0.05) is 18.2 Å². The molecule has 14 heteroatoms. The Balaban J connectivity index is 1.64. The highest BCUT2D eigenvalue weighted by Gasteiger charge is 2.48. The van der Waals surface area contributed by atoms with Crippen LogP contribution in [0.15, 0.2) is 46.2 Å². The fourth-order valence-electron chi connectivity index (χ4n) is 4.87. The summed E-state index contributed by atoms with van der Waals surface area (Å²) in [6.45, 7) is 2.73. The van der Waals surface area contributed by atoms with Gasteiger partial charge >= 0.3 is 12.4 Å². The maximum Gasteiger partial charge on any atom is 0.416 e. The summed E-state index contributed by atoms with van der Waals surface area (Å²) >= 11 is 0. The van der Waals surface area contributed by atoms with Crippen molar-refractivity contribution in [3.8, 4) is 0 Å². The lowest BCUT2D eigenvalue weighted by Gasteiger charge is -2.45. The molecule has 0 N–H and O–H groups in total. The fourth-order valence-corrected chi connectivity index (χ4v) is 7.58. The Kier molecular flexibility index (Phi) is 8.60. The maximum absolute atomic E-state index is 13.8. The zero-order chi connectivity index (χ0) is 30.5. The van der Waals surface area contributed by atoms with Crippen LogP contribution >= 0.6 is 0 Å². The molecule has 5 nitrogen and oxygen atoms in total. The number of benzene rings is 2. The molecule has 1 aliphatic rings. The smallest absolute Gasteiger partial charge is 0.294 e. The molecule has 0 amide bonds. The van der Waals surface area contributed by atoms with Gasteiger partial charge < -0.3 is 0 Å². The normalized spacial score (nSPS) is 18.9. The van der Waals surface area contributed by atoms with E-state index in [1.165, 1.54) is 13.8 Å². The van der Waals surface area contributed by atoms with Crippen molar-refractivity contribution in [3.63, 3.8) is 0 Å². The first-order valence-electron chi connectivity index (χ1n) is 12.1. The van der Waals surface area contributed by atoms with E-state index in [-0.39, 0.29) is 30.4 Å². The largest absolute Gasteiger partial charge is 0.416 e. The number of hydrogen-bond acceptors (Lipinski definition) is 5.